The van der Waals surface area contributed by atoms with E-state index in [1.54, 1.807) is 0 Å². The Morgan fingerprint density at radius 2 is 2.32 bits per heavy atom. The minimum absolute atomic E-state index is 0.0970. The van der Waals surface area contributed by atoms with Crippen LogP contribution in [0.5, 0.6) is 0 Å². The number of carbonyl (C=O) groups is 1. The fourth-order valence-electron chi connectivity index (χ4n) is 2.17. The van der Waals surface area contributed by atoms with E-state index in [4.69, 9.17) is 15.6 Å². The highest BCUT2D eigenvalue weighted by atomic mass is 16.5. The van der Waals surface area contributed by atoms with Gasteiger partial charge in [-0.3, -0.25) is 4.79 Å². The van der Waals surface area contributed by atoms with Crippen molar-refractivity contribution in [3.8, 4) is 0 Å². The first kappa shape index (κ1) is 12.1. The molecule has 0 aliphatic carbocycles. The molecule has 0 aromatic carbocycles. The number of guanidine groups is 1. The molecule has 0 aromatic heterocycles. The van der Waals surface area contributed by atoms with E-state index in [1.807, 2.05) is 0 Å². The van der Waals surface area contributed by atoms with Crippen molar-refractivity contribution < 1.29 is 24.3 Å². The Morgan fingerprint density at radius 3 is 3.00 bits per heavy atom. The average Bonchev–Trinajstić information content (AvgIpc) is 2.92. The number of carbonyl (C=O) groups excluding carboxylic acids is 1. The van der Waals surface area contributed by atoms with Gasteiger partial charge in [0.1, 0.15) is 6.10 Å². The van der Waals surface area contributed by atoms with E-state index in [0.29, 0.717) is 0 Å². The molecule has 100 valence electrons. The monoisotopic (exact) mass is 266 g/mol. The Kier molecular flexibility index (Phi) is 2.73. The van der Waals surface area contributed by atoms with Crippen LogP contribution in [0.15, 0.2) is 15.0 Å². The molecule has 0 aromatic rings. The van der Waals surface area contributed by atoms with Gasteiger partial charge in [-0.25, -0.2) is 4.58 Å². The van der Waals surface area contributed by atoms with Gasteiger partial charge in [0.15, 0.2) is 6.23 Å². The number of nitrogens with zero attached hydrogens (tertiary/aromatic N) is 4. The van der Waals surface area contributed by atoms with Gasteiger partial charge in [-0.15, -0.1) is 0 Å². The molecule has 19 heavy (non-hydrogen) atoms. The van der Waals surface area contributed by atoms with Gasteiger partial charge in [0, 0.05) is 6.42 Å². The smallest absolute Gasteiger partial charge is 0.324 e. The SMILES string of the molecule is NC1=NC(=O)C2=NC=[N+]([C@H]3C[C@H](O)[C@@H](CO)O3)C2=N1. The summed E-state index contributed by atoms with van der Waals surface area (Å²) < 4.78 is 6.98. The second-order valence-corrected chi connectivity index (χ2v) is 4.33. The minimum Gasteiger partial charge on any atom is -0.394 e. The summed E-state index contributed by atoms with van der Waals surface area (Å²) in [5.74, 6) is -0.441. The van der Waals surface area contributed by atoms with E-state index in [1.165, 1.54) is 10.9 Å². The molecule has 1 amide bonds. The quantitative estimate of drug-likeness (QED) is 0.464. The van der Waals surface area contributed by atoms with Crippen LogP contribution >= 0.6 is 0 Å². The highest BCUT2D eigenvalue weighted by molar-refractivity contribution is 6.68. The summed E-state index contributed by atoms with van der Waals surface area (Å²) >= 11 is 0. The molecule has 9 nitrogen and oxygen atoms in total. The Bertz CT molecular complexity index is 564. The number of amides is 1. The molecule has 0 bridgehead atoms. The largest absolute Gasteiger partial charge is 0.394 e. The molecule has 1 fully saturated rings. The molecule has 0 saturated carbocycles. The third kappa shape index (κ3) is 1.87. The maximum absolute atomic E-state index is 11.6. The molecule has 0 unspecified atom stereocenters. The lowest BCUT2D eigenvalue weighted by molar-refractivity contribution is -0.505. The van der Waals surface area contributed by atoms with Crippen molar-refractivity contribution >= 4 is 29.8 Å². The van der Waals surface area contributed by atoms with Gasteiger partial charge >= 0.3 is 17.7 Å². The molecule has 9 heteroatoms. The first-order valence-corrected chi connectivity index (χ1v) is 5.71. The first-order valence-electron chi connectivity index (χ1n) is 5.71. The molecule has 3 atom stereocenters. The summed E-state index contributed by atoms with van der Waals surface area (Å²) in [6.45, 7) is -0.284. The van der Waals surface area contributed by atoms with Crippen molar-refractivity contribution in [3.63, 3.8) is 0 Å². The molecule has 3 rings (SSSR count). The fourth-order valence-corrected chi connectivity index (χ4v) is 2.17. The number of aliphatic hydroxyl groups is 2. The second-order valence-electron chi connectivity index (χ2n) is 4.33. The molecule has 3 heterocycles. The number of aliphatic imine (C=N–C) groups is 3. The van der Waals surface area contributed by atoms with Gasteiger partial charge in [0.05, 0.1) is 12.7 Å². The van der Waals surface area contributed by atoms with Crippen LogP contribution in [-0.4, -0.2) is 69.6 Å². The summed E-state index contributed by atoms with van der Waals surface area (Å²) in [6, 6.07) is 0. The third-order valence-corrected chi connectivity index (χ3v) is 3.10. The zero-order chi connectivity index (χ0) is 13.6. The fraction of sp³-hybridized carbons (Fsp3) is 0.500. The summed E-state index contributed by atoms with van der Waals surface area (Å²) in [7, 11) is 0. The minimum atomic E-state index is -0.779. The van der Waals surface area contributed by atoms with Crippen LogP contribution < -0.4 is 5.73 Å². The first-order chi connectivity index (χ1) is 9.10. The highest BCUT2D eigenvalue weighted by Gasteiger charge is 2.45. The number of rotatable bonds is 2. The van der Waals surface area contributed by atoms with Gasteiger partial charge < -0.3 is 20.7 Å². The van der Waals surface area contributed by atoms with Crippen molar-refractivity contribution in [3.05, 3.63) is 0 Å². The predicted octanol–water partition coefficient (Wildman–Crippen LogP) is -2.80. The van der Waals surface area contributed by atoms with Crippen molar-refractivity contribution in [2.45, 2.75) is 24.9 Å². The van der Waals surface area contributed by atoms with Crippen molar-refractivity contribution in [1.82, 2.24) is 0 Å². The topological polar surface area (TPSA) is 133 Å². The standard InChI is InChI=1S/C10H11N5O4/c11-10-13-8-7(9(18)14-10)12-3-15(8)6-1-4(17)5(2-16)19-6/h3-6,16-17H,1-2H2,(H-,11,14,18)/p+1/t4-,5+,6+/m0/s1. The van der Waals surface area contributed by atoms with Crippen LogP contribution in [-0.2, 0) is 9.53 Å². The molecular formula is C10H12N5O4+. The van der Waals surface area contributed by atoms with Crippen LogP contribution in [0, 0.1) is 0 Å². The molecule has 0 spiro atoms. The Hall–Kier alpha value is -1.97. The summed E-state index contributed by atoms with van der Waals surface area (Å²) in [4.78, 5) is 23.0. The van der Waals surface area contributed by atoms with E-state index in [2.05, 4.69) is 15.0 Å². The third-order valence-electron chi connectivity index (χ3n) is 3.10. The van der Waals surface area contributed by atoms with Gasteiger partial charge in [0.2, 0.25) is 6.34 Å². The second kappa shape index (κ2) is 4.30. The number of hydrogen-bond acceptors (Lipinski definition) is 7. The van der Waals surface area contributed by atoms with Crippen LogP contribution in [0.2, 0.25) is 0 Å². The number of hydrogen-bond donors (Lipinski definition) is 3. The van der Waals surface area contributed by atoms with E-state index in [-0.39, 0.29) is 30.5 Å². The van der Waals surface area contributed by atoms with E-state index in [9.17, 15) is 9.90 Å². The average molecular weight is 266 g/mol. The van der Waals surface area contributed by atoms with Gasteiger partial charge in [0.25, 0.3) is 5.71 Å². The number of aliphatic hydroxyl groups excluding tert-OH is 2. The van der Waals surface area contributed by atoms with Crippen molar-refractivity contribution in [1.29, 1.82) is 0 Å². The maximum atomic E-state index is 11.6. The predicted molar refractivity (Wildman–Crippen MR) is 64.2 cm³/mol. The normalized spacial score (nSPS) is 33.6. The summed E-state index contributed by atoms with van der Waals surface area (Å²) in [5.41, 5.74) is 5.54. The van der Waals surface area contributed by atoms with Crippen LogP contribution in [0.4, 0.5) is 0 Å². The van der Waals surface area contributed by atoms with E-state index < -0.39 is 24.3 Å². The lowest BCUT2D eigenvalue weighted by atomic mass is 10.2. The molecule has 3 aliphatic heterocycles. The molecule has 4 N–H and O–H groups in total. The van der Waals surface area contributed by atoms with Crippen LogP contribution in [0.3, 0.4) is 0 Å². The number of nitrogens with two attached hydrogens (primary N) is 1. The number of amidine groups is 1. The zero-order valence-electron chi connectivity index (χ0n) is 9.80. The Labute approximate surface area is 107 Å². The van der Waals surface area contributed by atoms with Gasteiger partial charge in [-0.2, -0.15) is 4.99 Å². The maximum Gasteiger partial charge on any atom is 0.324 e. The molecular weight excluding hydrogens is 254 g/mol. The van der Waals surface area contributed by atoms with Crippen molar-refractivity contribution in [2.75, 3.05) is 6.61 Å². The molecule has 0 radical (unpaired) electrons. The van der Waals surface area contributed by atoms with E-state index >= 15 is 0 Å². The molecule has 1 saturated heterocycles. The zero-order valence-corrected chi connectivity index (χ0v) is 9.80. The van der Waals surface area contributed by atoms with Gasteiger partial charge in [-0.1, -0.05) is 9.98 Å². The molecule has 3 aliphatic rings. The number of fused-ring (bicyclic) bond motifs is 1. The lowest BCUT2D eigenvalue weighted by Gasteiger charge is -2.13. The Morgan fingerprint density at radius 1 is 1.53 bits per heavy atom. The van der Waals surface area contributed by atoms with Gasteiger partial charge in [-0.05, 0) is 0 Å². The summed E-state index contributed by atoms with van der Waals surface area (Å²) in [6.07, 6.45) is -0.330. The van der Waals surface area contributed by atoms with Crippen molar-refractivity contribution in [2.24, 2.45) is 20.7 Å². The van der Waals surface area contributed by atoms with Crippen LogP contribution in [0.1, 0.15) is 6.42 Å². The summed E-state index contributed by atoms with van der Waals surface area (Å²) in [5, 5.41) is 18.7. The van der Waals surface area contributed by atoms with Crippen LogP contribution in [0.25, 0.3) is 0 Å². The highest BCUT2D eigenvalue weighted by Crippen LogP contribution is 2.22. The lowest BCUT2D eigenvalue weighted by Crippen LogP contribution is -2.40. The Balaban J connectivity index is 1.86. The number of ether oxygens (including phenoxy) is 1. The van der Waals surface area contributed by atoms with E-state index in [0.717, 1.165) is 0 Å².